The van der Waals surface area contributed by atoms with Crippen molar-refractivity contribution in [3.63, 3.8) is 0 Å². The zero-order chi connectivity index (χ0) is 10.0. The van der Waals surface area contributed by atoms with E-state index in [1.807, 2.05) is 0 Å². The smallest absolute Gasteiger partial charge is 0.237 e. The van der Waals surface area contributed by atoms with Gasteiger partial charge in [0.1, 0.15) is 0 Å². The van der Waals surface area contributed by atoms with Crippen molar-refractivity contribution < 1.29 is 4.79 Å². The molecule has 5 heteroatoms. The normalized spacial score (nSPS) is 27.7. The van der Waals surface area contributed by atoms with Crippen LogP contribution in [0, 0.1) is 0 Å². The molecule has 0 spiro atoms. The fourth-order valence-corrected chi connectivity index (χ4v) is 2.10. The van der Waals surface area contributed by atoms with Gasteiger partial charge in [-0.3, -0.25) is 4.79 Å². The first kappa shape index (κ1) is 12.7. The highest BCUT2D eigenvalue weighted by Gasteiger charge is 2.33. The highest BCUT2D eigenvalue weighted by Crippen LogP contribution is 2.28. The quantitative estimate of drug-likeness (QED) is 0.651. The Balaban J connectivity index is 0.00000112. The second kappa shape index (κ2) is 5.14. The van der Waals surface area contributed by atoms with Crippen molar-refractivity contribution in [3.8, 4) is 0 Å². The second-order valence-electron chi connectivity index (χ2n) is 4.58. The molecule has 0 aromatic carbocycles. The minimum Gasteiger partial charge on any atom is -0.353 e. The van der Waals surface area contributed by atoms with E-state index in [0.29, 0.717) is 6.54 Å². The third-order valence-corrected chi connectivity index (χ3v) is 3.34. The first-order valence-electron chi connectivity index (χ1n) is 5.50. The van der Waals surface area contributed by atoms with Gasteiger partial charge in [-0.2, -0.15) is 0 Å². The number of hydrogen-bond acceptors (Lipinski definition) is 3. The van der Waals surface area contributed by atoms with Gasteiger partial charge in [-0.15, -0.1) is 12.4 Å². The molecule has 1 amide bonds. The fourth-order valence-electron chi connectivity index (χ4n) is 2.10. The average molecular weight is 234 g/mol. The first-order chi connectivity index (χ1) is 6.70. The average Bonchev–Trinajstić information content (AvgIpc) is 2.63. The van der Waals surface area contributed by atoms with Crippen LogP contribution in [0.25, 0.3) is 0 Å². The molecule has 2 fully saturated rings. The van der Waals surface area contributed by atoms with Gasteiger partial charge in [0.15, 0.2) is 0 Å². The van der Waals surface area contributed by atoms with Gasteiger partial charge in [-0.25, -0.2) is 0 Å². The van der Waals surface area contributed by atoms with Crippen LogP contribution in [0.2, 0.25) is 0 Å². The van der Waals surface area contributed by atoms with E-state index in [2.05, 4.69) is 10.6 Å². The fraction of sp³-hybridized carbons (Fsp3) is 0.900. The third-order valence-electron chi connectivity index (χ3n) is 3.34. The van der Waals surface area contributed by atoms with Crippen molar-refractivity contribution in [2.24, 2.45) is 5.73 Å². The summed E-state index contributed by atoms with van der Waals surface area (Å²) in [5.74, 6) is 0.124. The predicted molar refractivity (Wildman–Crippen MR) is 62.1 cm³/mol. The van der Waals surface area contributed by atoms with Gasteiger partial charge >= 0.3 is 0 Å². The summed E-state index contributed by atoms with van der Waals surface area (Å²) >= 11 is 0. The first-order valence-corrected chi connectivity index (χ1v) is 5.50. The van der Waals surface area contributed by atoms with Gasteiger partial charge in [0.2, 0.25) is 5.91 Å². The summed E-state index contributed by atoms with van der Waals surface area (Å²) in [7, 11) is 0. The van der Waals surface area contributed by atoms with Gasteiger partial charge in [0.05, 0.1) is 6.04 Å². The maximum atomic E-state index is 11.6. The molecule has 2 rings (SSSR count). The molecule has 1 aliphatic carbocycles. The molecule has 1 saturated heterocycles. The molecule has 0 bridgehead atoms. The van der Waals surface area contributed by atoms with Crippen LogP contribution in [-0.4, -0.2) is 30.6 Å². The van der Waals surface area contributed by atoms with Crippen molar-refractivity contribution in [3.05, 3.63) is 0 Å². The van der Waals surface area contributed by atoms with Gasteiger partial charge in [-0.1, -0.05) is 0 Å². The molecular weight excluding hydrogens is 214 g/mol. The Kier molecular flexibility index (Phi) is 4.37. The summed E-state index contributed by atoms with van der Waals surface area (Å²) in [5, 5.41) is 6.12. The Bertz CT molecular complexity index is 225. The Morgan fingerprint density at radius 3 is 2.67 bits per heavy atom. The Hall–Kier alpha value is -0.320. The Labute approximate surface area is 96.8 Å². The van der Waals surface area contributed by atoms with Gasteiger partial charge in [-0.05, 0) is 38.6 Å². The van der Waals surface area contributed by atoms with Crippen LogP contribution in [0.3, 0.4) is 0 Å². The van der Waals surface area contributed by atoms with Crippen LogP contribution in [0.15, 0.2) is 0 Å². The van der Waals surface area contributed by atoms with Crippen molar-refractivity contribution in [2.45, 2.75) is 43.7 Å². The number of amides is 1. The van der Waals surface area contributed by atoms with Crippen LogP contribution < -0.4 is 16.4 Å². The number of hydrogen-bond donors (Lipinski definition) is 3. The zero-order valence-corrected chi connectivity index (χ0v) is 9.74. The molecule has 15 heavy (non-hydrogen) atoms. The van der Waals surface area contributed by atoms with E-state index in [0.717, 1.165) is 32.2 Å². The minimum atomic E-state index is -0.103. The second-order valence-corrected chi connectivity index (χ2v) is 4.58. The molecule has 1 heterocycles. The van der Waals surface area contributed by atoms with Gasteiger partial charge in [0.25, 0.3) is 0 Å². The molecular formula is C10H20ClN3O. The Morgan fingerprint density at radius 2 is 2.20 bits per heavy atom. The van der Waals surface area contributed by atoms with Gasteiger partial charge in [0, 0.05) is 12.1 Å². The van der Waals surface area contributed by atoms with E-state index in [9.17, 15) is 4.79 Å². The van der Waals surface area contributed by atoms with Gasteiger partial charge < -0.3 is 16.4 Å². The largest absolute Gasteiger partial charge is 0.353 e. The molecule has 4 nitrogen and oxygen atoms in total. The molecule has 0 radical (unpaired) electrons. The van der Waals surface area contributed by atoms with Crippen molar-refractivity contribution >= 4 is 18.3 Å². The summed E-state index contributed by atoms with van der Waals surface area (Å²) in [6, 6.07) is 0.0266. The third kappa shape index (κ3) is 3.06. The van der Waals surface area contributed by atoms with Crippen LogP contribution in [0.4, 0.5) is 0 Å². The van der Waals surface area contributed by atoms with Crippen molar-refractivity contribution in [2.75, 3.05) is 13.1 Å². The summed E-state index contributed by atoms with van der Waals surface area (Å²) in [4.78, 5) is 11.6. The highest BCUT2D eigenvalue weighted by atomic mass is 35.5. The molecule has 0 unspecified atom stereocenters. The lowest BCUT2D eigenvalue weighted by molar-refractivity contribution is -0.123. The van der Waals surface area contributed by atoms with Crippen molar-refractivity contribution in [1.82, 2.24) is 10.6 Å². The van der Waals surface area contributed by atoms with E-state index in [1.165, 1.54) is 6.42 Å². The SMILES string of the molecule is Cl.NC1(CNC(=O)[C@@H]2CCCN2)CCC1. The predicted octanol–water partition coefficient (Wildman–Crippen LogP) is 0.158. The van der Waals surface area contributed by atoms with E-state index in [-0.39, 0.29) is 29.9 Å². The van der Waals surface area contributed by atoms with E-state index < -0.39 is 0 Å². The van der Waals surface area contributed by atoms with E-state index in [1.54, 1.807) is 0 Å². The number of rotatable bonds is 3. The molecule has 1 atom stereocenters. The summed E-state index contributed by atoms with van der Waals surface area (Å²) in [6.07, 6.45) is 5.36. The topological polar surface area (TPSA) is 67.1 Å². The summed E-state index contributed by atoms with van der Waals surface area (Å²) in [6.45, 7) is 1.61. The minimum absolute atomic E-state index is 0. The standard InChI is InChI=1S/C10H19N3O.ClH/c11-10(4-2-5-10)7-13-9(14)8-3-1-6-12-8;/h8,12H,1-7,11H2,(H,13,14);1H/t8-;/m0./s1. The number of halogens is 1. The van der Waals surface area contributed by atoms with Crippen LogP contribution in [-0.2, 0) is 4.79 Å². The van der Waals surface area contributed by atoms with Crippen LogP contribution >= 0.6 is 12.4 Å². The van der Waals surface area contributed by atoms with E-state index in [4.69, 9.17) is 5.73 Å². The number of carbonyl (C=O) groups is 1. The van der Waals surface area contributed by atoms with Crippen LogP contribution in [0.5, 0.6) is 0 Å². The van der Waals surface area contributed by atoms with Crippen molar-refractivity contribution in [1.29, 1.82) is 0 Å². The maximum absolute atomic E-state index is 11.6. The zero-order valence-electron chi connectivity index (χ0n) is 8.92. The Morgan fingerprint density at radius 1 is 1.47 bits per heavy atom. The monoisotopic (exact) mass is 233 g/mol. The lowest BCUT2D eigenvalue weighted by Gasteiger charge is -2.38. The molecule has 1 aliphatic heterocycles. The number of nitrogens with two attached hydrogens (primary N) is 1. The number of nitrogens with one attached hydrogen (secondary N) is 2. The van der Waals surface area contributed by atoms with E-state index >= 15 is 0 Å². The summed E-state index contributed by atoms with van der Waals surface area (Å²) < 4.78 is 0. The molecule has 88 valence electrons. The highest BCUT2D eigenvalue weighted by molar-refractivity contribution is 5.85. The van der Waals surface area contributed by atoms with Crippen LogP contribution in [0.1, 0.15) is 32.1 Å². The maximum Gasteiger partial charge on any atom is 0.237 e. The summed E-state index contributed by atoms with van der Waals surface area (Å²) in [5.41, 5.74) is 5.91. The molecule has 2 aliphatic rings. The molecule has 0 aromatic rings. The molecule has 0 aromatic heterocycles. The lowest BCUT2D eigenvalue weighted by Crippen LogP contribution is -2.56. The molecule has 4 N–H and O–H groups in total. The number of carbonyl (C=O) groups excluding carboxylic acids is 1. The molecule has 1 saturated carbocycles. The lowest BCUT2D eigenvalue weighted by atomic mass is 9.78.